The second-order valence-corrected chi connectivity index (χ2v) is 3.96. The Kier molecular flexibility index (Phi) is 3.16. The Balaban J connectivity index is 2.28. The number of likely N-dealkylation sites (tertiary alicyclic amines) is 1. The second kappa shape index (κ2) is 3.74. The number of hydrogen-bond acceptors (Lipinski definition) is 2. The molecule has 0 aliphatic carbocycles. The molecule has 0 saturated carbocycles. The molecule has 1 fully saturated rings. The first-order valence-electron chi connectivity index (χ1n) is 4.28. The minimum Gasteiger partial charge on any atom is -0.374 e. The van der Waals surface area contributed by atoms with E-state index in [2.05, 4.69) is 4.90 Å². The summed E-state index contributed by atoms with van der Waals surface area (Å²) in [6.07, 6.45) is 3.11. The fraction of sp³-hybridized carbons (Fsp3) is 1.00. The molecule has 1 unspecified atom stereocenters. The molecule has 1 aliphatic rings. The quantitative estimate of drug-likeness (QED) is 0.660. The SMILES string of the molecule is CCC(O)(Cl)CN1CCCC1. The molecule has 0 radical (unpaired) electrons. The number of hydrogen-bond donors (Lipinski definition) is 1. The lowest BCUT2D eigenvalue weighted by molar-refractivity contribution is 0.0822. The van der Waals surface area contributed by atoms with Gasteiger partial charge in [-0.05, 0) is 32.4 Å². The van der Waals surface area contributed by atoms with E-state index in [1.807, 2.05) is 6.92 Å². The number of nitrogens with zero attached hydrogens (tertiary/aromatic N) is 1. The van der Waals surface area contributed by atoms with Crippen LogP contribution in [0.3, 0.4) is 0 Å². The maximum absolute atomic E-state index is 9.51. The summed E-state index contributed by atoms with van der Waals surface area (Å²) in [4.78, 5) is 2.22. The lowest BCUT2D eigenvalue weighted by Gasteiger charge is -2.25. The lowest BCUT2D eigenvalue weighted by Crippen LogP contribution is -2.36. The van der Waals surface area contributed by atoms with Crippen LogP contribution in [-0.2, 0) is 0 Å². The van der Waals surface area contributed by atoms with Crippen LogP contribution >= 0.6 is 11.6 Å². The van der Waals surface area contributed by atoms with E-state index in [-0.39, 0.29) is 0 Å². The van der Waals surface area contributed by atoms with E-state index in [1.54, 1.807) is 0 Å². The topological polar surface area (TPSA) is 23.5 Å². The zero-order valence-electron chi connectivity index (χ0n) is 7.02. The van der Waals surface area contributed by atoms with Crippen LogP contribution in [0.2, 0.25) is 0 Å². The number of alkyl halides is 1. The zero-order valence-corrected chi connectivity index (χ0v) is 7.77. The maximum atomic E-state index is 9.51. The number of rotatable bonds is 3. The summed E-state index contributed by atoms with van der Waals surface area (Å²) >= 11 is 5.81. The second-order valence-electron chi connectivity index (χ2n) is 3.25. The highest BCUT2D eigenvalue weighted by molar-refractivity contribution is 6.22. The molecular formula is C8H16ClNO. The van der Waals surface area contributed by atoms with E-state index in [1.165, 1.54) is 12.8 Å². The number of aliphatic hydroxyl groups is 1. The number of halogens is 1. The van der Waals surface area contributed by atoms with Gasteiger partial charge in [0.1, 0.15) is 0 Å². The fourth-order valence-electron chi connectivity index (χ4n) is 1.40. The third kappa shape index (κ3) is 2.97. The van der Waals surface area contributed by atoms with Gasteiger partial charge >= 0.3 is 0 Å². The normalized spacial score (nSPS) is 25.4. The smallest absolute Gasteiger partial charge is 0.150 e. The van der Waals surface area contributed by atoms with Gasteiger partial charge < -0.3 is 5.11 Å². The van der Waals surface area contributed by atoms with Crippen molar-refractivity contribution >= 4 is 11.6 Å². The van der Waals surface area contributed by atoms with Gasteiger partial charge in [-0.25, -0.2) is 0 Å². The van der Waals surface area contributed by atoms with E-state index in [4.69, 9.17) is 11.6 Å². The third-order valence-corrected chi connectivity index (χ3v) is 2.59. The van der Waals surface area contributed by atoms with E-state index in [0.29, 0.717) is 13.0 Å². The summed E-state index contributed by atoms with van der Waals surface area (Å²) in [6, 6.07) is 0. The van der Waals surface area contributed by atoms with E-state index >= 15 is 0 Å². The van der Waals surface area contributed by atoms with Crippen molar-refractivity contribution in [3.63, 3.8) is 0 Å². The summed E-state index contributed by atoms with van der Waals surface area (Å²) in [6.45, 7) is 4.71. The van der Waals surface area contributed by atoms with Gasteiger partial charge in [0, 0.05) is 6.54 Å². The fourth-order valence-corrected chi connectivity index (χ4v) is 1.56. The molecule has 2 nitrogen and oxygen atoms in total. The molecule has 0 aromatic rings. The van der Waals surface area contributed by atoms with Gasteiger partial charge in [0.2, 0.25) is 0 Å². The maximum Gasteiger partial charge on any atom is 0.150 e. The van der Waals surface area contributed by atoms with Crippen molar-refractivity contribution in [2.24, 2.45) is 0 Å². The molecule has 1 heterocycles. The van der Waals surface area contributed by atoms with Crippen LogP contribution in [0.1, 0.15) is 26.2 Å². The van der Waals surface area contributed by atoms with Crippen molar-refractivity contribution in [2.45, 2.75) is 31.2 Å². The Labute approximate surface area is 73.1 Å². The molecule has 1 saturated heterocycles. The minimum absolute atomic E-state index is 0.616. The van der Waals surface area contributed by atoms with Crippen LogP contribution < -0.4 is 0 Å². The highest BCUT2D eigenvalue weighted by Crippen LogP contribution is 2.19. The molecule has 0 amide bonds. The molecule has 0 bridgehead atoms. The molecular weight excluding hydrogens is 162 g/mol. The van der Waals surface area contributed by atoms with Crippen molar-refractivity contribution in [2.75, 3.05) is 19.6 Å². The first kappa shape index (κ1) is 9.30. The number of β-amino-alcohol motifs (C(OH)–C–C–N with tert-alkyl or cyclic N) is 1. The molecule has 1 N–H and O–H groups in total. The first-order valence-corrected chi connectivity index (χ1v) is 4.65. The lowest BCUT2D eigenvalue weighted by atomic mass is 10.2. The predicted molar refractivity (Wildman–Crippen MR) is 46.8 cm³/mol. The summed E-state index contributed by atoms with van der Waals surface area (Å²) < 4.78 is 0. The molecule has 3 heteroatoms. The first-order chi connectivity index (χ1) is 5.14. The Hall–Kier alpha value is 0.210. The van der Waals surface area contributed by atoms with Crippen LogP contribution in [0.4, 0.5) is 0 Å². The van der Waals surface area contributed by atoms with E-state index in [0.717, 1.165) is 13.1 Å². The highest BCUT2D eigenvalue weighted by atomic mass is 35.5. The van der Waals surface area contributed by atoms with Crippen molar-refractivity contribution in [3.05, 3.63) is 0 Å². The minimum atomic E-state index is -0.996. The summed E-state index contributed by atoms with van der Waals surface area (Å²) in [5, 5.41) is 8.51. The summed E-state index contributed by atoms with van der Waals surface area (Å²) in [7, 11) is 0. The zero-order chi connectivity index (χ0) is 8.32. The van der Waals surface area contributed by atoms with Gasteiger partial charge in [0.25, 0.3) is 0 Å². The molecule has 66 valence electrons. The van der Waals surface area contributed by atoms with Gasteiger partial charge in [0.05, 0.1) is 0 Å². The van der Waals surface area contributed by atoms with Crippen molar-refractivity contribution in [3.8, 4) is 0 Å². The largest absolute Gasteiger partial charge is 0.374 e. The molecule has 1 rings (SSSR count). The molecule has 0 aromatic carbocycles. The molecule has 1 aliphatic heterocycles. The van der Waals surface area contributed by atoms with E-state index < -0.39 is 5.06 Å². The van der Waals surface area contributed by atoms with E-state index in [9.17, 15) is 5.11 Å². The predicted octanol–water partition coefficient (Wildman–Crippen LogP) is 1.42. The monoisotopic (exact) mass is 177 g/mol. The Morgan fingerprint density at radius 3 is 2.45 bits per heavy atom. The highest BCUT2D eigenvalue weighted by Gasteiger charge is 2.25. The van der Waals surface area contributed by atoms with Crippen LogP contribution in [0.15, 0.2) is 0 Å². The third-order valence-electron chi connectivity index (χ3n) is 2.21. The van der Waals surface area contributed by atoms with Gasteiger partial charge in [-0.1, -0.05) is 18.5 Å². The molecule has 0 aromatic heterocycles. The summed E-state index contributed by atoms with van der Waals surface area (Å²) in [5.41, 5.74) is 0. The van der Waals surface area contributed by atoms with Gasteiger partial charge in [-0.3, -0.25) is 4.90 Å². The van der Waals surface area contributed by atoms with Crippen molar-refractivity contribution in [1.29, 1.82) is 0 Å². The van der Waals surface area contributed by atoms with Crippen molar-refractivity contribution < 1.29 is 5.11 Å². The Morgan fingerprint density at radius 1 is 1.45 bits per heavy atom. The molecule has 11 heavy (non-hydrogen) atoms. The van der Waals surface area contributed by atoms with Crippen LogP contribution in [0.5, 0.6) is 0 Å². The summed E-state index contributed by atoms with van der Waals surface area (Å²) in [5.74, 6) is 0. The average Bonchev–Trinajstić information content (AvgIpc) is 2.39. The van der Waals surface area contributed by atoms with Crippen molar-refractivity contribution in [1.82, 2.24) is 4.90 Å². The Bertz CT molecular complexity index is 121. The average molecular weight is 178 g/mol. The van der Waals surface area contributed by atoms with Crippen LogP contribution in [0, 0.1) is 0 Å². The van der Waals surface area contributed by atoms with Gasteiger partial charge in [-0.2, -0.15) is 0 Å². The molecule has 0 spiro atoms. The van der Waals surface area contributed by atoms with Gasteiger partial charge in [-0.15, -0.1) is 0 Å². The Morgan fingerprint density at radius 2 is 2.00 bits per heavy atom. The van der Waals surface area contributed by atoms with Crippen LogP contribution in [-0.4, -0.2) is 34.7 Å². The van der Waals surface area contributed by atoms with Gasteiger partial charge in [0.15, 0.2) is 5.06 Å². The van der Waals surface area contributed by atoms with Crippen LogP contribution in [0.25, 0.3) is 0 Å². The molecule has 1 atom stereocenters. The standard InChI is InChI=1S/C8H16ClNO/c1-2-8(9,11)7-10-5-3-4-6-10/h11H,2-7H2,1H3.